The first-order valence-electron chi connectivity index (χ1n) is 6.06. The van der Waals surface area contributed by atoms with Gasteiger partial charge in [-0.1, -0.05) is 0 Å². The van der Waals surface area contributed by atoms with E-state index in [1.165, 1.54) is 5.56 Å². The van der Waals surface area contributed by atoms with Crippen molar-refractivity contribution in [3.8, 4) is 0 Å². The van der Waals surface area contributed by atoms with Crippen LogP contribution in [0.2, 0.25) is 0 Å². The van der Waals surface area contributed by atoms with Crippen LogP contribution in [-0.4, -0.2) is 40.4 Å². The lowest BCUT2D eigenvalue weighted by atomic mass is 9.89. The summed E-state index contributed by atoms with van der Waals surface area (Å²) in [6.07, 6.45) is 4.87. The fraction of sp³-hybridized carbons (Fsp3) is 0.750. The molecule has 0 amide bonds. The Hall–Kier alpha value is -0.910. The summed E-state index contributed by atoms with van der Waals surface area (Å²) in [5, 5.41) is 4.28. The van der Waals surface area contributed by atoms with Crippen LogP contribution in [-0.2, 0) is 13.0 Å². The van der Waals surface area contributed by atoms with E-state index in [4.69, 9.17) is 5.84 Å². The second-order valence-corrected chi connectivity index (χ2v) is 5.18. The van der Waals surface area contributed by atoms with Crippen molar-refractivity contribution in [2.45, 2.75) is 45.3 Å². The first-order chi connectivity index (χ1) is 7.91. The van der Waals surface area contributed by atoms with Crippen LogP contribution < -0.4 is 11.3 Å². The highest BCUT2D eigenvalue weighted by Crippen LogP contribution is 2.18. The van der Waals surface area contributed by atoms with Crippen LogP contribution in [0.1, 0.15) is 26.3 Å². The van der Waals surface area contributed by atoms with Crippen LogP contribution in [0.5, 0.6) is 0 Å². The number of hydrogen-bond donors (Lipinski definition) is 2. The van der Waals surface area contributed by atoms with E-state index < -0.39 is 0 Å². The fourth-order valence-electron chi connectivity index (χ4n) is 1.74. The van der Waals surface area contributed by atoms with Crippen molar-refractivity contribution < 1.29 is 0 Å². The molecule has 0 aliphatic heterocycles. The number of aryl methyl sites for hydroxylation is 1. The maximum absolute atomic E-state index is 5.68. The van der Waals surface area contributed by atoms with Crippen molar-refractivity contribution in [2.24, 2.45) is 5.84 Å². The van der Waals surface area contributed by atoms with Crippen LogP contribution >= 0.6 is 0 Å². The molecule has 3 N–H and O–H groups in total. The first-order valence-corrected chi connectivity index (χ1v) is 6.06. The quantitative estimate of drug-likeness (QED) is 0.564. The highest BCUT2D eigenvalue weighted by Gasteiger charge is 2.31. The van der Waals surface area contributed by atoms with Crippen LogP contribution in [0.15, 0.2) is 12.4 Å². The zero-order valence-corrected chi connectivity index (χ0v) is 11.6. The Morgan fingerprint density at radius 2 is 2.18 bits per heavy atom. The molecular formula is C12H25N5. The van der Waals surface area contributed by atoms with Gasteiger partial charge in [0.05, 0.1) is 6.20 Å². The van der Waals surface area contributed by atoms with Gasteiger partial charge in [0.15, 0.2) is 0 Å². The number of rotatable bonds is 6. The van der Waals surface area contributed by atoms with E-state index in [1.54, 1.807) is 0 Å². The number of nitrogens with two attached hydrogens (primary N) is 1. The zero-order chi connectivity index (χ0) is 13.1. The third-order valence-electron chi connectivity index (χ3n) is 3.66. The summed E-state index contributed by atoms with van der Waals surface area (Å²) >= 11 is 0. The van der Waals surface area contributed by atoms with Crippen LogP contribution in [0.25, 0.3) is 0 Å². The van der Waals surface area contributed by atoms with Crippen LogP contribution in [0.3, 0.4) is 0 Å². The summed E-state index contributed by atoms with van der Waals surface area (Å²) in [7, 11) is 4.14. The Morgan fingerprint density at radius 3 is 2.59 bits per heavy atom. The average molecular weight is 239 g/mol. The molecule has 0 spiro atoms. The summed E-state index contributed by atoms with van der Waals surface area (Å²) in [6.45, 7) is 7.35. The molecule has 17 heavy (non-hydrogen) atoms. The van der Waals surface area contributed by atoms with Crippen molar-refractivity contribution in [2.75, 3.05) is 14.1 Å². The first kappa shape index (κ1) is 14.2. The summed E-state index contributed by atoms with van der Waals surface area (Å²) in [5.74, 6) is 5.68. The number of hydrazine groups is 1. The zero-order valence-electron chi connectivity index (χ0n) is 11.6. The second-order valence-electron chi connectivity index (χ2n) is 5.18. The molecular weight excluding hydrogens is 214 g/mol. The average Bonchev–Trinajstić information content (AvgIpc) is 2.73. The van der Waals surface area contributed by atoms with Gasteiger partial charge < -0.3 is 4.90 Å². The Labute approximate surface area is 104 Å². The third kappa shape index (κ3) is 3.28. The van der Waals surface area contributed by atoms with E-state index in [1.807, 2.05) is 10.9 Å². The molecule has 0 aliphatic carbocycles. The number of likely N-dealkylation sites (N-methyl/N-ethyl adjacent to an activating group) is 1. The minimum absolute atomic E-state index is 0.0108. The molecule has 0 aliphatic rings. The summed E-state index contributed by atoms with van der Waals surface area (Å²) in [6, 6.07) is 0.187. The number of aromatic nitrogens is 2. The van der Waals surface area contributed by atoms with Crippen molar-refractivity contribution in [1.82, 2.24) is 20.1 Å². The molecule has 1 atom stereocenters. The number of hydrogen-bond acceptors (Lipinski definition) is 4. The molecule has 0 saturated heterocycles. The maximum atomic E-state index is 5.68. The van der Waals surface area contributed by atoms with Gasteiger partial charge in [-0.3, -0.25) is 16.0 Å². The third-order valence-corrected chi connectivity index (χ3v) is 3.66. The predicted molar refractivity (Wildman–Crippen MR) is 70.5 cm³/mol. The summed E-state index contributed by atoms with van der Waals surface area (Å²) in [4.78, 5) is 2.18. The lowest BCUT2D eigenvalue weighted by molar-refractivity contribution is 0.137. The molecule has 1 aromatic rings. The smallest absolute Gasteiger partial charge is 0.0522 e. The molecule has 5 nitrogen and oxygen atoms in total. The van der Waals surface area contributed by atoms with Gasteiger partial charge >= 0.3 is 0 Å². The topological polar surface area (TPSA) is 59.1 Å². The molecule has 1 unspecified atom stereocenters. The second kappa shape index (κ2) is 5.62. The van der Waals surface area contributed by atoms with Gasteiger partial charge in [-0.05, 0) is 46.9 Å². The molecule has 0 aromatic carbocycles. The maximum Gasteiger partial charge on any atom is 0.0522 e. The lowest BCUT2D eigenvalue weighted by Crippen LogP contribution is -2.58. The van der Waals surface area contributed by atoms with E-state index in [0.717, 1.165) is 13.0 Å². The minimum atomic E-state index is -0.0108. The lowest BCUT2D eigenvalue weighted by Gasteiger charge is -2.39. The molecule has 98 valence electrons. The summed E-state index contributed by atoms with van der Waals surface area (Å²) < 4.78 is 1.94. The van der Waals surface area contributed by atoms with Gasteiger partial charge in [0.2, 0.25) is 0 Å². The van der Waals surface area contributed by atoms with Crippen molar-refractivity contribution >= 4 is 0 Å². The molecule has 0 fully saturated rings. The molecule has 0 radical (unpaired) electrons. The van der Waals surface area contributed by atoms with E-state index >= 15 is 0 Å². The van der Waals surface area contributed by atoms with Gasteiger partial charge in [0.1, 0.15) is 0 Å². The molecule has 5 heteroatoms. The largest absolute Gasteiger partial charge is 0.303 e. The van der Waals surface area contributed by atoms with Crippen LogP contribution in [0, 0.1) is 0 Å². The van der Waals surface area contributed by atoms with E-state index in [0.29, 0.717) is 0 Å². The highest BCUT2D eigenvalue weighted by atomic mass is 15.3. The van der Waals surface area contributed by atoms with Gasteiger partial charge in [-0.15, -0.1) is 0 Å². The number of nitrogens with one attached hydrogen (secondary N) is 1. The molecule has 0 saturated carbocycles. The van der Waals surface area contributed by atoms with E-state index in [-0.39, 0.29) is 11.6 Å². The Balaban J connectivity index is 2.76. The van der Waals surface area contributed by atoms with Crippen molar-refractivity contribution in [1.29, 1.82) is 0 Å². The molecule has 1 aromatic heterocycles. The molecule has 0 bridgehead atoms. The molecule has 1 rings (SSSR count). The normalized spacial score (nSPS) is 14.3. The van der Waals surface area contributed by atoms with Crippen molar-refractivity contribution in [3.63, 3.8) is 0 Å². The summed E-state index contributed by atoms with van der Waals surface area (Å²) in [5.41, 5.74) is 4.12. The van der Waals surface area contributed by atoms with Gasteiger partial charge in [0, 0.05) is 24.3 Å². The monoisotopic (exact) mass is 239 g/mol. The van der Waals surface area contributed by atoms with Gasteiger partial charge in [0.25, 0.3) is 0 Å². The highest BCUT2D eigenvalue weighted by molar-refractivity contribution is 5.09. The van der Waals surface area contributed by atoms with Gasteiger partial charge in [-0.25, -0.2) is 0 Å². The predicted octanol–water partition coefficient (Wildman–Crippen LogP) is 0.618. The van der Waals surface area contributed by atoms with Crippen LogP contribution in [0.4, 0.5) is 0 Å². The Morgan fingerprint density at radius 1 is 1.53 bits per heavy atom. The molecule has 1 heterocycles. The Bertz CT molecular complexity index is 342. The fourth-order valence-corrected chi connectivity index (χ4v) is 1.74. The van der Waals surface area contributed by atoms with Crippen molar-refractivity contribution in [3.05, 3.63) is 18.0 Å². The Kier molecular flexibility index (Phi) is 4.68. The van der Waals surface area contributed by atoms with E-state index in [2.05, 4.69) is 56.5 Å². The minimum Gasteiger partial charge on any atom is -0.303 e. The van der Waals surface area contributed by atoms with Gasteiger partial charge in [-0.2, -0.15) is 5.10 Å². The standard InChI is InChI=1S/C12H25N5/c1-6-17-9-10(8-14-17)7-11(15-13)12(2,3)16(4)5/h8-9,11,15H,6-7,13H2,1-5H3. The number of nitrogens with zero attached hydrogens (tertiary/aromatic N) is 3. The van der Waals surface area contributed by atoms with E-state index in [9.17, 15) is 0 Å². The SMILES string of the molecule is CCn1cc(CC(NN)C(C)(C)N(C)C)cn1.